The Hall–Kier alpha value is -1.96. The summed E-state index contributed by atoms with van der Waals surface area (Å²) >= 11 is 1.30. The lowest BCUT2D eigenvalue weighted by Crippen LogP contribution is -2.43. The first-order chi connectivity index (χ1) is 10.7. The Kier molecular flexibility index (Phi) is 4.74. The van der Waals surface area contributed by atoms with E-state index < -0.39 is 34.6 Å². The van der Waals surface area contributed by atoms with Crippen LogP contribution in [0, 0.1) is 5.82 Å². The van der Waals surface area contributed by atoms with Crippen LogP contribution in [0.1, 0.15) is 41.2 Å². The van der Waals surface area contributed by atoms with Crippen LogP contribution in [-0.4, -0.2) is 10.9 Å². The molecule has 0 aliphatic carbocycles. The zero-order valence-corrected chi connectivity index (χ0v) is 13.2. The molecule has 1 aromatic carbocycles. The van der Waals surface area contributed by atoms with Crippen molar-refractivity contribution in [3.63, 3.8) is 0 Å². The lowest BCUT2D eigenvalue weighted by atomic mass is 9.98. The van der Waals surface area contributed by atoms with Gasteiger partial charge in [-0.1, -0.05) is 6.92 Å². The number of hydrogen-bond donors (Lipinski definition) is 1. The van der Waals surface area contributed by atoms with E-state index in [-0.39, 0.29) is 0 Å². The number of carbonyl (C=O) groups excluding carboxylic acids is 1. The highest BCUT2D eigenvalue weighted by Crippen LogP contribution is 2.33. The lowest BCUT2D eigenvalue weighted by Gasteiger charge is -2.28. The Bertz CT molecular complexity index is 700. The van der Waals surface area contributed by atoms with Crippen LogP contribution in [-0.2, 0) is 11.7 Å². The van der Waals surface area contributed by atoms with Gasteiger partial charge in [-0.05, 0) is 31.5 Å². The second kappa shape index (κ2) is 6.27. The molecular weight excluding hydrogens is 332 g/mol. The molecule has 0 fully saturated rings. The van der Waals surface area contributed by atoms with Crippen molar-refractivity contribution in [1.82, 2.24) is 10.3 Å². The summed E-state index contributed by atoms with van der Waals surface area (Å²) in [6.07, 6.45) is -2.83. The maximum atomic E-state index is 13.1. The number of rotatable bonds is 4. The van der Waals surface area contributed by atoms with Crippen LogP contribution in [0.25, 0.3) is 0 Å². The molecule has 2 aromatic rings. The van der Waals surface area contributed by atoms with Gasteiger partial charge in [-0.2, -0.15) is 13.2 Å². The van der Waals surface area contributed by atoms with Gasteiger partial charge >= 0.3 is 6.18 Å². The number of nitrogens with one attached hydrogen (secondary N) is 1. The van der Waals surface area contributed by atoms with Crippen molar-refractivity contribution in [2.45, 2.75) is 32.0 Å². The maximum Gasteiger partial charge on any atom is 0.417 e. The summed E-state index contributed by atoms with van der Waals surface area (Å²) in [4.78, 5) is 16.4. The molecule has 1 aromatic heterocycles. The molecule has 1 heterocycles. The van der Waals surface area contributed by atoms with Gasteiger partial charge in [0.15, 0.2) is 0 Å². The maximum absolute atomic E-state index is 13.1. The number of thiazole rings is 1. The Morgan fingerprint density at radius 2 is 2.04 bits per heavy atom. The van der Waals surface area contributed by atoms with E-state index >= 15 is 0 Å². The molecule has 0 saturated carbocycles. The van der Waals surface area contributed by atoms with Gasteiger partial charge in [-0.3, -0.25) is 4.79 Å². The van der Waals surface area contributed by atoms with E-state index in [1.54, 1.807) is 25.4 Å². The summed E-state index contributed by atoms with van der Waals surface area (Å²) in [6.45, 7) is 3.47. The van der Waals surface area contributed by atoms with E-state index in [1.807, 2.05) is 0 Å². The first-order valence-corrected chi connectivity index (χ1v) is 7.64. The normalized spacial score (nSPS) is 14.3. The number of halogens is 4. The molecule has 1 atom stereocenters. The number of carbonyl (C=O) groups is 1. The largest absolute Gasteiger partial charge is 0.417 e. The van der Waals surface area contributed by atoms with Crippen LogP contribution < -0.4 is 5.32 Å². The SMILES string of the molecule is CC[C@](C)(NC(=O)c1ccc(F)cc1C(F)(F)F)c1nccs1. The van der Waals surface area contributed by atoms with Crippen LogP contribution in [0.5, 0.6) is 0 Å². The standard InChI is InChI=1S/C15H14F4N2OS/c1-3-14(2,13-20-6-7-23-13)21-12(22)10-5-4-9(16)8-11(10)15(17,18)19/h4-8H,3H2,1-2H3,(H,21,22)/t14-/m0/s1. The third-order valence-corrected chi connectivity index (χ3v) is 4.57. The van der Waals surface area contributed by atoms with Gasteiger partial charge < -0.3 is 5.32 Å². The number of hydrogen-bond acceptors (Lipinski definition) is 3. The highest BCUT2D eigenvalue weighted by Gasteiger charge is 2.37. The predicted molar refractivity (Wildman–Crippen MR) is 78.6 cm³/mol. The quantitative estimate of drug-likeness (QED) is 0.836. The number of alkyl halides is 3. The molecule has 0 aliphatic rings. The Balaban J connectivity index is 2.38. The fourth-order valence-electron chi connectivity index (χ4n) is 2.06. The van der Waals surface area contributed by atoms with Crippen molar-refractivity contribution < 1.29 is 22.4 Å². The minimum atomic E-state index is -4.82. The van der Waals surface area contributed by atoms with Crippen LogP contribution in [0.4, 0.5) is 17.6 Å². The van der Waals surface area contributed by atoms with Crippen molar-refractivity contribution in [2.75, 3.05) is 0 Å². The minimum Gasteiger partial charge on any atom is -0.340 e. The summed E-state index contributed by atoms with van der Waals surface area (Å²) in [5, 5.41) is 4.88. The Morgan fingerprint density at radius 1 is 1.35 bits per heavy atom. The molecule has 0 saturated heterocycles. The zero-order chi connectivity index (χ0) is 17.3. The molecule has 0 bridgehead atoms. The third kappa shape index (κ3) is 3.69. The highest BCUT2D eigenvalue weighted by molar-refractivity contribution is 7.09. The van der Waals surface area contributed by atoms with E-state index in [0.717, 1.165) is 12.1 Å². The van der Waals surface area contributed by atoms with Crippen molar-refractivity contribution in [2.24, 2.45) is 0 Å². The van der Waals surface area contributed by atoms with Gasteiger partial charge in [-0.25, -0.2) is 9.37 Å². The van der Waals surface area contributed by atoms with Gasteiger partial charge in [0.1, 0.15) is 10.8 Å². The molecule has 0 unspecified atom stereocenters. The molecule has 0 aliphatic heterocycles. The molecule has 0 spiro atoms. The van der Waals surface area contributed by atoms with Crippen molar-refractivity contribution >= 4 is 17.2 Å². The zero-order valence-electron chi connectivity index (χ0n) is 12.4. The third-order valence-electron chi connectivity index (χ3n) is 3.53. The summed E-state index contributed by atoms with van der Waals surface area (Å²) in [5.74, 6) is -1.97. The first kappa shape index (κ1) is 17.4. The number of benzene rings is 1. The number of amides is 1. The van der Waals surface area contributed by atoms with E-state index in [4.69, 9.17) is 0 Å². The second-order valence-corrected chi connectivity index (χ2v) is 6.06. The first-order valence-electron chi connectivity index (χ1n) is 6.76. The molecule has 8 heteroatoms. The fraction of sp³-hybridized carbons (Fsp3) is 0.333. The predicted octanol–water partition coefficient (Wildman–Crippen LogP) is 4.36. The van der Waals surface area contributed by atoms with Crippen molar-refractivity contribution in [3.8, 4) is 0 Å². The van der Waals surface area contributed by atoms with Gasteiger partial charge in [0.05, 0.1) is 16.7 Å². The topological polar surface area (TPSA) is 42.0 Å². The van der Waals surface area contributed by atoms with Crippen LogP contribution >= 0.6 is 11.3 Å². The molecule has 124 valence electrons. The van der Waals surface area contributed by atoms with E-state index in [1.165, 1.54) is 11.3 Å². The summed E-state index contributed by atoms with van der Waals surface area (Å²) in [7, 11) is 0. The average Bonchev–Trinajstić information content (AvgIpc) is 3.00. The molecular formula is C15H14F4N2OS. The van der Waals surface area contributed by atoms with Gasteiger partial charge in [0, 0.05) is 11.6 Å². The Labute approximate surface area is 134 Å². The molecule has 23 heavy (non-hydrogen) atoms. The number of aromatic nitrogens is 1. The Morgan fingerprint density at radius 3 is 2.57 bits per heavy atom. The van der Waals surface area contributed by atoms with E-state index in [9.17, 15) is 22.4 Å². The highest BCUT2D eigenvalue weighted by atomic mass is 32.1. The molecule has 3 nitrogen and oxygen atoms in total. The lowest BCUT2D eigenvalue weighted by molar-refractivity contribution is -0.138. The van der Waals surface area contributed by atoms with E-state index in [0.29, 0.717) is 17.5 Å². The smallest absolute Gasteiger partial charge is 0.340 e. The molecule has 2 rings (SSSR count). The average molecular weight is 346 g/mol. The molecule has 1 amide bonds. The van der Waals surface area contributed by atoms with E-state index in [2.05, 4.69) is 10.3 Å². The minimum absolute atomic E-state index is 0.321. The fourth-order valence-corrected chi connectivity index (χ4v) is 2.88. The molecule has 0 radical (unpaired) electrons. The van der Waals surface area contributed by atoms with Crippen molar-refractivity contribution in [3.05, 3.63) is 51.7 Å². The summed E-state index contributed by atoms with van der Waals surface area (Å²) in [5.41, 5.74) is -2.81. The van der Waals surface area contributed by atoms with Gasteiger partial charge in [-0.15, -0.1) is 11.3 Å². The summed E-state index contributed by atoms with van der Waals surface area (Å²) < 4.78 is 52.2. The second-order valence-electron chi connectivity index (χ2n) is 5.16. The van der Waals surface area contributed by atoms with Crippen LogP contribution in [0.15, 0.2) is 29.8 Å². The number of nitrogens with zero attached hydrogens (tertiary/aromatic N) is 1. The van der Waals surface area contributed by atoms with Gasteiger partial charge in [0.2, 0.25) is 0 Å². The summed E-state index contributed by atoms with van der Waals surface area (Å²) in [6, 6.07) is 1.99. The van der Waals surface area contributed by atoms with Crippen LogP contribution in [0.3, 0.4) is 0 Å². The van der Waals surface area contributed by atoms with Crippen LogP contribution in [0.2, 0.25) is 0 Å². The van der Waals surface area contributed by atoms with Crippen molar-refractivity contribution in [1.29, 1.82) is 0 Å². The van der Waals surface area contributed by atoms with Gasteiger partial charge in [0.25, 0.3) is 5.91 Å². The molecule has 1 N–H and O–H groups in total. The monoisotopic (exact) mass is 346 g/mol.